The van der Waals surface area contributed by atoms with Crippen LogP contribution in [0.2, 0.25) is 0 Å². The van der Waals surface area contributed by atoms with Crippen LogP contribution in [0, 0.1) is 11.3 Å². The first kappa shape index (κ1) is 13.8. The van der Waals surface area contributed by atoms with E-state index >= 15 is 0 Å². The van der Waals surface area contributed by atoms with E-state index in [2.05, 4.69) is 16.2 Å². The van der Waals surface area contributed by atoms with E-state index in [1.807, 2.05) is 48.5 Å². The molecule has 2 aromatic carbocycles. The zero-order valence-corrected chi connectivity index (χ0v) is 12.0. The number of nitriles is 1. The molecule has 0 bridgehead atoms. The fraction of sp³-hybridized carbons (Fsp3) is 0.118. The molecular weight excluding hydrogens is 276 g/mol. The van der Waals surface area contributed by atoms with Crippen molar-refractivity contribution in [2.45, 2.75) is 6.04 Å². The van der Waals surface area contributed by atoms with E-state index in [0.717, 1.165) is 16.9 Å². The summed E-state index contributed by atoms with van der Waals surface area (Å²) in [5, 5.41) is 13.2. The topological polar surface area (TPSA) is 63.7 Å². The number of aromatic nitrogens is 3. The Morgan fingerprint density at radius 3 is 2.18 bits per heavy atom. The third-order valence-electron chi connectivity index (χ3n) is 3.49. The van der Waals surface area contributed by atoms with Gasteiger partial charge >= 0.3 is 0 Å². The Hall–Kier alpha value is -3.13. The maximum Gasteiger partial charge on any atom is 0.137 e. The summed E-state index contributed by atoms with van der Waals surface area (Å²) >= 11 is 0. The van der Waals surface area contributed by atoms with Crippen LogP contribution in [0.25, 0.3) is 0 Å². The number of hydrogen-bond acceptors (Lipinski definition) is 4. The third-order valence-corrected chi connectivity index (χ3v) is 3.49. The van der Waals surface area contributed by atoms with Crippen molar-refractivity contribution in [3.63, 3.8) is 0 Å². The van der Waals surface area contributed by atoms with Crippen LogP contribution in [0.3, 0.4) is 0 Å². The first-order valence-corrected chi connectivity index (χ1v) is 6.80. The highest BCUT2D eigenvalue weighted by molar-refractivity contribution is 5.39. The van der Waals surface area contributed by atoms with Crippen LogP contribution < -0.4 is 4.74 Å². The van der Waals surface area contributed by atoms with Gasteiger partial charge in [-0.3, -0.25) is 0 Å². The molecule has 0 saturated carbocycles. The molecular formula is C17H14N4O. The number of hydrogen-bond donors (Lipinski definition) is 0. The average molecular weight is 290 g/mol. The Balaban J connectivity index is 2.05. The zero-order chi connectivity index (χ0) is 15.4. The fourth-order valence-corrected chi connectivity index (χ4v) is 2.37. The molecule has 22 heavy (non-hydrogen) atoms. The minimum absolute atomic E-state index is 0.0962. The minimum Gasteiger partial charge on any atom is -0.497 e. The van der Waals surface area contributed by atoms with Crippen molar-refractivity contribution >= 4 is 0 Å². The molecule has 0 aliphatic heterocycles. The number of ether oxygens (including phenoxy) is 1. The number of nitrogens with zero attached hydrogens (tertiary/aromatic N) is 4. The smallest absolute Gasteiger partial charge is 0.137 e. The zero-order valence-electron chi connectivity index (χ0n) is 12.0. The second-order valence-electron chi connectivity index (χ2n) is 4.79. The summed E-state index contributed by atoms with van der Waals surface area (Å²) in [6.07, 6.45) is 3.20. The van der Waals surface area contributed by atoms with Crippen LogP contribution in [0.15, 0.2) is 61.2 Å². The van der Waals surface area contributed by atoms with Gasteiger partial charge in [0.1, 0.15) is 24.4 Å². The molecule has 0 aliphatic carbocycles. The highest BCUT2D eigenvalue weighted by Gasteiger charge is 2.17. The van der Waals surface area contributed by atoms with Crippen molar-refractivity contribution in [2.75, 3.05) is 7.11 Å². The van der Waals surface area contributed by atoms with Crippen LogP contribution in [0.1, 0.15) is 22.7 Å². The summed E-state index contributed by atoms with van der Waals surface area (Å²) in [5.41, 5.74) is 2.74. The molecule has 5 nitrogen and oxygen atoms in total. The van der Waals surface area contributed by atoms with Crippen molar-refractivity contribution in [3.8, 4) is 11.8 Å². The molecule has 1 unspecified atom stereocenters. The molecule has 0 N–H and O–H groups in total. The Morgan fingerprint density at radius 1 is 1.05 bits per heavy atom. The van der Waals surface area contributed by atoms with Gasteiger partial charge in [0.15, 0.2) is 0 Å². The second kappa shape index (κ2) is 6.10. The van der Waals surface area contributed by atoms with Gasteiger partial charge in [0, 0.05) is 0 Å². The van der Waals surface area contributed by atoms with Crippen molar-refractivity contribution < 1.29 is 4.74 Å². The van der Waals surface area contributed by atoms with Crippen molar-refractivity contribution in [3.05, 3.63) is 77.9 Å². The monoisotopic (exact) mass is 290 g/mol. The lowest BCUT2D eigenvalue weighted by atomic mass is 9.98. The normalized spacial score (nSPS) is 11.6. The molecule has 0 fully saturated rings. The first-order chi connectivity index (χ1) is 10.8. The highest BCUT2D eigenvalue weighted by Crippen LogP contribution is 2.27. The predicted molar refractivity (Wildman–Crippen MR) is 81.4 cm³/mol. The molecule has 0 spiro atoms. The summed E-state index contributed by atoms with van der Waals surface area (Å²) in [5.74, 6) is 0.806. The molecule has 3 aromatic rings. The van der Waals surface area contributed by atoms with Crippen LogP contribution in [-0.4, -0.2) is 21.9 Å². The van der Waals surface area contributed by atoms with Gasteiger partial charge in [-0.25, -0.2) is 9.67 Å². The van der Waals surface area contributed by atoms with E-state index in [9.17, 15) is 0 Å². The molecule has 1 atom stereocenters. The fourth-order valence-electron chi connectivity index (χ4n) is 2.37. The van der Waals surface area contributed by atoms with Crippen molar-refractivity contribution in [1.29, 1.82) is 5.26 Å². The summed E-state index contributed by atoms with van der Waals surface area (Å²) in [7, 11) is 1.64. The van der Waals surface area contributed by atoms with E-state index < -0.39 is 0 Å². The van der Waals surface area contributed by atoms with Gasteiger partial charge in [0.25, 0.3) is 0 Å². The summed E-state index contributed by atoms with van der Waals surface area (Å²) in [6, 6.07) is 17.4. The molecule has 0 aliphatic rings. The SMILES string of the molecule is COc1ccc(C(c2ccc(C#N)cc2)n2cncn2)cc1. The van der Waals surface area contributed by atoms with Gasteiger partial charge in [-0.2, -0.15) is 10.4 Å². The highest BCUT2D eigenvalue weighted by atomic mass is 16.5. The summed E-state index contributed by atoms with van der Waals surface area (Å²) < 4.78 is 7.00. The number of rotatable bonds is 4. The molecule has 0 saturated heterocycles. The summed E-state index contributed by atoms with van der Waals surface area (Å²) in [4.78, 5) is 4.04. The predicted octanol–water partition coefficient (Wildman–Crippen LogP) is 2.80. The molecule has 0 radical (unpaired) electrons. The Bertz CT molecular complexity index is 771. The maximum absolute atomic E-state index is 8.93. The third kappa shape index (κ3) is 2.67. The van der Waals surface area contributed by atoms with Gasteiger partial charge < -0.3 is 4.74 Å². The number of methoxy groups -OCH3 is 1. The Kier molecular flexibility index (Phi) is 3.84. The molecule has 1 aromatic heterocycles. The summed E-state index contributed by atoms with van der Waals surface area (Å²) in [6.45, 7) is 0. The van der Waals surface area contributed by atoms with E-state index in [1.54, 1.807) is 18.1 Å². The Morgan fingerprint density at radius 2 is 1.68 bits per heavy atom. The van der Waals surface area contributed by atoms with Crippen LogP contribution in [-0.2, 0) is 0 Å². The molecule has 0 amide bonds. The average Bonchev–Trinajstić information content (AvgIpc) is 3.10. The van der Waals surface area contributed by atoms with Gasteiger partial charge in [0.05, 0.1) is 18.7 Å². The lowest BCUT2D eigenvalue weighted by Crippen LogP contribution is -2.13. The van der Waals surface area contributed by atoms with Crippen molar-refractivity contribution in [1.82, 2.24) is 14.8 Å². The molecule has 108 valence electrons. The van der Waals surface area contributed by atoms with Gasteiger partial charge in [-0.05, 0) is 35.4 Å². The minimum atomic E-state index is -0.0962. The van der Waals surface area contributed by atoms with E-state index in [0.29, 0.717) is 5.56 Å². The molecule has 5 heteroatoms. The van der Waals surface area contributed by atoms with Crippen molar-refractivity contribution in [2.24, 2.45) is 0 Å². The lowest BCUT2D eigenvalue weighted by Gasteiger charge is -2.18. The second-order valence-corrected chi connectivity index (χ2v) is 4.79. The lowest BCUT2D eigenvalue weighted by molar-refractivity contribution is 0.414. The van der Waals surface area contributed by atoms with Gasteiger partial charge in [-0.15, -0.1) is 0 Å². The van der Waals surface area contributed by atoms with Gasteiger partial charge in [0.2, 0.25) is 0 Å². The van der Waals surface area contributed by atoms with E-state index in [4.69, 9.17) is 10.00 Å². The van der Waals surface area contributed by atoms with Gasteiger partial charge in [-0.1, -0.05) is 24.3 Å². The molecule has 3 rings (SSSR count). The van der Waals surface area contributed by atoms with Crippen LogP contribution in [0.4, 0.5) is 0 Å². The maximum atomic E-state index is 8.93. The molecule has 1 heterocycles. The quantitative estimate of drug-likeness (QED) is 0.741. The first-order valence-electron chi connectivity index (χ1n) is 6.80. The van der Waals surface area contributed by atoms with Crippen LogP contribution in [0.5, 0.6) is 5.75 Å². The van der Waals surface area contributed by atoms with E-state index in [-0.39, 0.29) is 6.04 Å². The van der Waals surface area contributed by atoms with Crippen LogP contribution >= 0.6 is 0 Å². The standard InChI is InChI=1S/C17H14N4O/c1-22-16-8-6-15(7-9-16)17(21-12-19-11-20-21)14-4-2-13(10-18)3-5-14/h2-9,11-12,17H,1H3. The largest absolute Gasteiger partial charge is 0.497 e. The Labute approximate surface area is 128 Å². The van der Waals surface area contributed by atoms with E-state index in [1.165, 1.54) is 6.33 Å². The number of benzene rings is 2.